The standard InChI is InChI=1S/C10H19N5/c1-14(8-3-4-8)6-5-12-10-9(11)7-15(2)13-10/h7-8H,3-6,11H2,1-2H3,(H,12,13). The largest absolute Gasteiger partial charge is 0.394 e. The predicted molar refractivity (Wildman–Crippen MR) is 61.8 cm³/mol. The molecular formula is C10H19N5. The summed E-state index contributed by atoms with van der Waals surface area (Å²) in [5.74, 6) is 0.793. The molecule has 0 unspecified atom stereocenters. The van der Waals surface area contributed by atoms with Gasteiger partial charge in [-0.3, -0.25) is 4.68 Å². The third-order valence-electron chi connectivity index (χ3n) is 2.78. The minimum Gasteiger partial charge on any atom is -0.394 e. The highest BCUT2D eigenvalue weighted by Crippen LogP contribution is 2.24. The van der Waals surface area contributed by atoms with Crippen LogP contribution in [-0.2, 0) is 7.05 Å². The minimum absolute atomic E-state index is 0.714. The maximum Gasteiger partial charge on any atom is 0.171 e. The number of likely N-dealkylation sites (N-methyl/N-ethyl adjacent to an activating group) is 1. The van der Waals surface area contributed by atoms with Crippen molar-refractivity contribution in [1.29, 1.82) is 0 Å². The molecule has 1 heterocycles. The Bertz CT molecular complexity index is 329. The quantitative estimate of drug-likeness (QED) is 0.742. The van der Waals surface area contributed by atoms with Crippen molar-refractivity contribution in [1.82, 2.24) is 14.7 Å². The average molecular weight is 209 g/mol. The molecule has 0 aromatic carbocycles. The van der Waals surface area contributed by atoms with Crippen LogP contribution in [0.5, 0.6) is 0 Å². The number of aryl methyl sites for hydroxylation is 1. The summed E-state index contributed by atoms with van der Waals surface area (Å²) in [4.78, 5) is 2.38. The highest BCUT2D eigenvalue weighted by Gasteiger charge is 2.25. The molecular weight excluding hydrogens is 190 g/mol. The molecule has 0 aliphatic heterocycles. The Hall–Kier alpha value is -1.23. The third-order valence-corrected chi connectivity index (χ3v) is 2.78. The van der Waals surface area contributed by atoms with Crippen molar-refractivity contribution in [3.05, 3.63) is 6.20 Å². The number of nitrogens with one attached hydrogen (secondary N) is 1. The first-order chi connectivity index (χ1) is 7.16. The van der Waals surface area contributed by atoms with E-state index < -0.39 is 0 Å². The van der Waals surface area contributed by atoms with Crippen LogP contribution in [0.2, 0.25) is 0 Å². The van der Waals surface area contributed by atoms with E-state index in [1.165, 1.54) is 12.8 Å². The van der Waals surface area contributed by atoms with Crippen LogP contribution in [0.4, 0.5) is 11.5 Å². The van der Waals surface area contributed by atoms with Crippen molar-refractivity contribution >= 4 is 11.5 Å². The van der Waals surface area contributed by atoms with Crippen LogP contribution in [0.25, 0.3) is 0 Å². The second kappa shape index (κ2) is 4.10. The topological polar surface area (TPSA) is 59.1 Å². The number of rotatable bonds is 5. The molecule has 1 aliphatic carbocycles. The molecule has 0 saturated heterocycles. The average Bonchev–Trinajstić information content (AvgIpc) is 2.94. The number of hydrogen-bond donors (Lipinski definition) is 2. The summed E-state index contributed by atoms with van der Waals surface area (Å²) >= 11 is 0. The zero-order chi connectivity index (χ0) is 10.8. The van der Waals surface area contributed by atoms with Crippen LogP contribution in [0.3, 0.4) is 0 Å². The number of anilines is 2. The molecule has 0 bridgehead atoms. The molecule has 0 amide bonds. The molecule has 3 N–H and O–H groups in total. The van der Waals surface area contributed by atoms with Crippen LogP contribution in [0.15, 0.2) is 6.20 Å². The zero-order valence-electron chi connectivity index (χ0n) is 9.40. The lowest BCUT2D eigenvalue weighted by atomic mass is 10.4. The van der Waals surface area contributed by atoms with Crippen molar-refractivity contribution in [3.8, 4) is 0 Å². The molecule has 5 nitrogen and oxygen atoms in total. The highest BCUT2D eigenvalue weighted by molar-refractivity contribution is 5.59. The first kappa shape index (κ1) is 10.3. The van der Waals surface area contributed by atoms with Gasteiger partial charge in [-0.1, -0.05) is 0 Å². The summed E-state index contributed by atoms with van der Waals surface area (Å²) in [6, 6.07) is 0.813. The van der Waals surface area contributed by atoms with E-state index in [2.05, 4.69) is 22.4 Å². The van der Waals surface area contributed by atoms with E-state index in [1.54, 1.807) is 4.68 Å². The SMILES string of the molecule is CN(CCNc1nn(C)cc1N)C1CC1. The maximum atomic E-state index is 5.77. The van der Waals surface area contributed by atoms with Crippen LogP contribution in [0.1, 0.15) is 12.8 Å². The Balaban J connectivity index is 1.75. The highest BCUT2D eigenvalue weighted by atomic mass is 15.3. The molecule has 84 valence electrons. The molecule has 0 spiro atoms. The van der Waals surface area contributed by atoms with Crippen molar-refractivity contribution in [2.45, 2.75) is 18.9 Å². The Morgan fingerprint density at radius 2 is 2.40 bits per heavy atom. The third kappa shape index (κ3) is 2.62. The lowest BCUT2D eigenvalue weighted by Crippen LogP contribution is -2.27. The van der Waals surface area contributed by atoms with Gasteiger partial charge in [0.2, 0.25) is 0 Å². The van der Waals surface area contributed by atoms with E-state index in [0.29, 0.717) is 5.69 Å². The van der Waals surface area contributed by atoms with Crippen LogP contribution >= 0.6 is 0 Å². The fourth-order valence-electron chi connectivity index (χ4n) is 1.69. The number of aromatic nitrogens is 2. The van der Waals surface area contributed by atoms with E-state index in [1.807, 2.05) is 13.2 Å². The summed E-state index contributed by atoms with van der Waals surface area (Å²) in [7, 11) is 4.04. The van der Waals surface area contributed by atoms with Crippen molar-refractivity contribution in [2.75, 3.05) is 31.2 Å². The summed E-state index contributed by atoms with van der Waals surface area (Å²) in [5.41, 5.74) is 6.49. The fourth-order valence-corrected chi connectivity index (χ4v) is 1.69. The van der Waals surface area contributed by atoms with Crippen molar-refractivity contribution in [3.63, 3.8) is 0 Å². The monoisotopic (exact) mass is 209 g/mol. The number of nitrogens with two attached hydrogens (primary N) is 1. The van der Waals surface area contributed by atoms with Crippen LogP contribution < -0.4 is 11.1 Å². The number of nitrogens with zero attached hydrogens (tertiary/aromatic N) is 3. The zero-order valence-corrected chi connectivity index (χ0v) is 9.40. The van der Waals surface area contributed by atoms with Gasteiger partial charge in [0.15, 0.2) is 5.82 Å². The Labute approximate surface area is 90.2 Å². The molecule has 1 aliphatic rings. The van der Waals surface area contributed by atoms with Gasteiger partial charge in [-0.05, 0) is 19.9 Å². The van der Waals surface area contributed by atoms with Gasteiger partial charge in [-0.25, -0.2) is 0 Å². The minimum atomic E-state index is 0.714. The lowest BCUT2D eigenvalue weighted by molar-refractivity contribution is 0.337. The maximum absolute atomic E-state index is 5.77. The summed E-state index contributed by atoms with van der Waals surface area (Å²) in [6.07, 6.45) is 4.51. The van der Waals surface area contributed by atoms with E-state index in [0.717, 1.165) is 24.9 Å². The summed E-state index contributed by atoms with van der Waals surface area (Å²) < 4.78 is 1.72. The van der Waals surface area contributed by atoms with Crippen molar-refractivity contribution < 1.29 is 0 Å². The first-order valence-corrected chi connectivity index (χ1v) is 5.40. The van der Waals surface area contributed by atoms with Gasteiger partial charge in [0.1, 0.15) is 0 Å². The second-order valence-electron chi connectivity index (χ2n) is 4.25. The molecule has 15 heavy (non-hydrogen) atoms. The number of hydrogen-bond acceptors (Lipinski definition) is 4. The Morgan fingerprint density at radius 1 is 1.67 bits per heavy atom. The molecule has 1 saturated carbocycles. The van der Waals surface area contributed by atoms with Gasteiger partial charge in [-0.2, -0.15) is 5.10 Å². The molecule has 5 heteroatoms. The van der Waals surface area contributed by atoms with Gasteiger partial charge in [-0.15, -0.1) is 0 Å². The Kier molecular flexibility index (Phi) is 2.81. The summed E-state index contributed by atoms with van der Waals surface area (Å²) in [6.45, 7) is 1.94. The van der Waals surface area contributed by atoms with Crippen LogP contribution in [0, 0.1) is 0 Å². The molecule has 0 radical (unpaired) electrons. The predicted octanol–water partition coefficient (Wildman–Crippen LogP) is 0.508. The van der Waals surface area contributed by atoms with Gasteiger partial charge in [0.25, 0.3) is 0 Å². The molecule has 1 fully saturated rings. The molecule has 1 aromatic heterocycles. The van der Waals surface area contributed by atoms with Crippen molar-refractivity contribution in [2.24, 2.45) is 7.05 Å². The van der Waals surface area contributed by atoms with E-state index in [4.69, 9.17) is 5.73 Å². The number of nitrogen functional groups attached to an aromatic ring is 1. The first-order valence-electron chi connectivity index (χ1n) is 5.40. The van der Waals surface area contributed by atoms with Crippen LogP contribution in [-0.4, -0.2) is 40.9 Å². The van der Waals surface area contributed by atoms with E-state index in [-0.39, 0.29) is 0 Å². The van der Waals surface area contributed by atoms with Gasteiger partial charge < -0.3 is 16.0 Å². The van der Waals surface area contributed by atoms with Gasteiger partial charge >= 0.3 is 0 Å². The lowest BCUT2D eigenvalue weighted by Gasteiger charge is -2.15. The van der Waals surface area contributed by atoms with E-state index in [9.17, 15) is 0 Å². The Morgan fingerprint density at radius 3 is 2.93 bits per heavy atom. The van der Waals surface area contributed by atoms with Gasteiger partial charge in [0.05, 0.1) is 5.69 Å². The molecule has 1 aromatic rings. The van der Waals surface area contributed by atoms with E-state index >= 15 is 0 Å². The normalized spacial score (nSPS) is 15.9. The molecule has 0 atom stereocenters. The fraction of sp³-hybridized carbons (Fsp3) is 0.700. The molecule has 2 rings (SSSR count). The second-order valence-corrected chi connectivity index (χ2v) is 4.25. The van der Waals surface area contributed by atoms with Gasteiger partial charge in [0, 0.05) is 32.4 Å². The smallest absolute Gasteiger partial charge is 0.171 e. The summed E-state index contributed by atoms with van der Waals surface area (Å²) in [5, 5.41) is 7.48.